The summed E-state index contributed by atoms with van der Waals surface area (Å²) in [7, 11) is 0. The molecule has 0 bridgehead atoms. The van der Waals surface area contributed by atoms with Gasteiger partial charge in [-0.3, -0.25) is 4.68 Å². The third-order valence-corrected chi connectivity index (χ3v) is 12.7. The standard InChI is InChI=1S/C36H60N4O3.C2HF3O2/c1-25(2)9-6-10-26(3)31-14-15-32-30-13-12-27-23-29(16-18-35(27,4)33(30)17-19-36(31,32)5)43-34(41)42-22-7-11-28-24-40(39-38-28)21-8-20-37;3-2(4,5)1(6)7/h12,24-26,29-33H,6-11,13-23,37H2,1-5H3;(H,6,7)/t26?,29-,30?,31?,32?,33?,35-,36+;/m0./s1. The smallest absolute Gasteiger partial charge is 0.475 e. The molecule has 3 saturated carbocycles. The Bertz CT molecular complexity index is 1300. The normalized spacial score (nSPS) is 31.0. The molecule has 0 saturated heterocycles. The van der Waals surface area contributed by atoms with Gasteiger partial charge in [0.1, 0.15) is 6.10 Å². The molecule has 0 amide bonds. The number of nitrogens with two attached hydrogens (primary N) is 1. The molecule has 4 aliphatic carbocycles. The maximum atomic E-state index is 12.5. The first-order valence-electron chi connectivity index (χ1n) is 19.0. The van der Waals surface area contributed by atoms with E-state index in [9.17, 15) is 18.0 Å². The Morgan fingerprint density at radius 3 is 2.48 bits per heavy atom. The molecular weight excluding hydrogens is 649 g/mol. The molecule has 1 aromatic heterocycles. The molecule has 1 aromatic rings. The number of halogens is 3. The number of aromatic nitrogens is 3. The third kappa shape index (κ3) is 9.82. The lowest BCUT2D eigenvalue weighted by Crippen LogP contribution is -2.51. The minimum atomic E-state index is -5.08. The van der Waals surface area contributed by atoms with E-state index >= 15 is 0 Å². The van der Waals surface area contributed by atoms with Crippen LogP contribution in [-0.2, 0) is 27.2 Å². The molecule has 3 fully saturated rings. The summed E-state index contributed by atoms with van der Waals surface area (Å²) < 4.78 is 44.9. The minimum Gasteiger partial charge on any atom is -0.475 e. The first-order chi connectivity index (χ1) is 23.6. The monoisotopic (exact) mass is 710 g/mol. The summed E-state index contributed by atoms with van der Waals surface area (Å²) in [5.41, 5.74) is 8.81. The second-order valence-electron chi connectivity index (χ2n) is 16.4. The Kier molecular flexibility index (Phi) is 13.9. The van der Waals surface area contributed by atoms with Crippen LogP contribution < -0.4 is 5.73 Å². The van der Waals surface area contributed by atoms with Gasteiger partial charge in [-0.1, -0.05) is 70.7 Å². The van der Waals surface area contributed by atoms with E-state index in [4.69, 9.17) is 25.1 Å². The Morgan fingerprint density at radius 1 is 1.06 bits per heavy atom. The van der Waals surface area contributed by atoms with E-state index in [0.717, 1.165) is 79.9 Å². The lowest BCUT2D eigenvalue weighted by atomic mass is 9.47. The van der Waals surface area contributed by atoms with Gasteiger partial charge in [-0.2, -0.15) is 13.2 Å². The Labute approximate surface area is 296 Å². The summed E-state index contributed by atoms with van der Waals surface area (Å²) in [6.45, 7) is 14.3. The average molecular weight is 711 g/mol. The number of hydrogen-bond acceptors (Lipinski definition) is 7. The van der Waals surface area contributed by atoms with Crippen LogP contribution in [0.4, 0.5) is 18.0 Å². The number of carboxylic acids is 1. The number of aliphatic carboxylic acids is 1. The number of carbonyl (C=O) groups excluding carboxylic acids is 1. The number of carbonyl (C=O) groups is 2. The van der Waals surface area contributed by atoms with Crippen LogP contribution >= 0.6 is 0 Å². The summed E-state index contributed by atoms with van der Waals surface area (Å²) >= 11 is 0. The van der Waals surface area contributed by atoms with E-state index in [-0.39, 0.29) is 11.5 Å². The number of carboxylic acid groups (broad SMARTS) is 1. The zero-order chi connectivity index (χ0) is 36.7. The van der Waals surface area contributed by atoms with Crippen molar-refractivity contribution in [1.82, 2.24) is 15.0 Å². The minimum absolute atomic E-state index is 0.0674. The van der Waals surface area contributed by atoms with Crippen LogP contribution in [0.1, 0.15) is 124 Å². The van der Waals surface area contributed by atoms with Crippen molar-refractivity contribution in [2.45, 2.75) is 143 Å². The van der Waals surface area contributed by atoms with E-state index < -0.39 is 18.3 Å². The second kappa shape index (κ2) is 17.3. The molecule has 1 heterocycles. The molecule has 4 aliphatic rings. The molecule has 0 spiro atoms. The van der Waals surface area contributed by atoms with Crippen molar-refractivity contribution in [3.05, 3.63) is 23.5 Å². The fourth-order valence-corrected chi connectivity index (χ4v) is 10.1. The van der Waals surface area contributed by atoms with Gasteiger partial charge in [0.15, 0.2) is 0 Å². The summed E-state index contributed by atoms with van der Waals surface area (Å²) in [4.78, 5) is 21.4. The van der Waals surface area contributed by atoms with E-state index in [2.05, 4.69) is 51.0 Å². The predicted octanol–water partition coefficient (Wildman–Crippen LogP) is 8.76. The largest absolute Gasteiger partial charge is 0.508 e. The first kappa shape index (κ1) is 40.1. The lowest BCUT2D eigenvalue weighted by Gasteiger charge is -2.58. The highest BCUT2D eigenvalue weighted by Crippen LogP contribution is 2.67. The van der Waals surface area contributed by atoms with E-state index in [1.165, 1.54) is 51.4 Å². The number of ether oxygens (including phenoxy) is 2. The fourth-order valence-electron chi connectivity index (χ4n) is 10.1. The zero-order valence-corrected chi connectivity index (χ0v) is 30.9. The number of hydrogen-bond donors (Lipinski definition) is 2. The van der Waals surface area contributed by atoms with Gasteiger partial charge in [0.05, 0.1) is 12.3 Å². The second-order valence-corrected chi connectivity index (χ2v) is 16.4. The molecular formula is C38H61F3N4O5. The molecule has 5 unspecified atom stereocenters. The SMILES string of the molecule is CC(C)CCCC(C)C1CCC2C3CC=C4C[C@@H](OC(=O)OCCCc5cn(CCCN)nn5)CC[C@]4(C)C3CC[C@]12C.O=C(O)C(F)(F)F. The van der Waals surface area contributed by atoms with E-state index in [0.29, 0.717) is 25.0 Å². The Hall–Kier alpha value is -2.63. The first-order valence-corrected chi connectivity index (χ1v) is 19.0. The molecule has 12 heteroatoms. The summed E-state index contributed by atoms with van der Waals surface area (Å²) in [6, 6.07) is 0. The molecule has 9 nitrogen and oxygen atoms in total. The number of fused-ring (bicyclic) bond motifs is 5. The van der Waals surface area contributed by atoms with Gasteiger partial charge >= 0.3 is 18.3 Å². The van der Waals surface area contributed by atoms with Crippen molar-refractivity contribution < 1.29 is 37.3 Å². The average Bonchev–Trinajstić information content (AvgIpc) is 3.65. The van der Waals surface area contributed by atoms with Crippen LogP contribution in [0.3, 0.4) is 0 Å². The van der Waals surface area contributed by atoms with Gasteiger partial charge in [0, 0.05) is 19.2 Å². The maximum Gasteiger partial charge on any atom is 0.508 e. The molecule has 284 valence electrons. The van der Waals surface area contributed by atoms with Crippen molar-refractivity contribution >= 4 is 12.1 Å². The summed E-state index contributed by atoms with van der Waals surface area (Å²) in [5, 5.41) is 15.4. The molecule has 0 aliphatic heterocycles. The van der Waals surface area contributed by atoms with Crippen molar-refractivity contribution in [2.75, 3.05) is 13.2 Å². The van der Waals surface area contributed by atoms with Crippen molar-refractivity contribution in [3.63, 3.8) is 0 Å². The number of rotatable bonds is 13. The van der Waals surface area contributed by atoms with E-state index in [1.807, 2.05) is 10.9 Å². The van der Waals surface area contributed by atoms with Crippen LogP contribution in [0.2, 0.25) is 0 Å². The maximum absolute atomic E-state index is 12.5. The number of alkyl halides is 3. The van der Waals surface area contributed by atoms with Gasteiger partial charge in [-0.15, -0.1) is 5.10 Å². The van der Waals surface area contributed by atoms with Crippen LogP contribution in [0.15, 0.2) is 17.8 Å². The van der Waals surface area contributed by atoms with Gasteiger partial charge in [0.25, 0.3) is 0 Å². The van der Waals surface area contributed by atoms with Crippen molar-refractivity contribution in [1.29, 1.82) is 0 Å². The van der Waals surface area contributed by atoms with Crippen LogP contribution in [0.25, 0.3) is 0 Å². The highest BCUT2D eigenvalue weighted by atomic mass is 19.4. The third-order valence-electron chi connectivity index (χ3n) is 12.7. The molecule has 50 heavy (non-hydrogen) atoms. The van der Waals surface area contributed by atoms with Gasteiger partial charge in [-0.05, 0) is 117 Å². The predicted molar refractivity (Wildman–Crippen MR) is 185 cm³/mol. The highest BCUT2D eigenvalue weighted by Gasteiger charge is 2.59. The molecule has 3 N–H and O–H groups in total. The van der Waals surface area contributed by atoms with Crippen LogP contribution in [0.5, 0.6) is 0 Å². The lowest BCUT2D eigenvalue weighted by molar-refractivity contribution is -0.192. The Balaban J connectivity index is 0.000000727. The van der Waals surface area contributed by atoms with E-state index in [1.54, 1.807) is 5.57 Å². The molecule has 0 aromatic carbocycles. The number of aryl methyl sites for hydroxylation is 2. The molecule has 8 atom stereocenters. The van der Waals surface area contributed by atoms with Gasteiger partial charge < -0.3 is 20.3 Å². The zero-order valence-electron chi connectivity index (χ0n) is 30.9. The number of allylic oxidation sites excluding steroid dienone is 1. The number of nitrogens with zero attached hydrogens (tertiary/aromatic N) is 3. The molecule has 5 rings (SSSR count). The molecule has 0 radical (unpaired) electrons. The van der Waals surface area contributed by atoms with Crippen LogP contribution in [0, 0.1) is 46.3 Å². The van der Waals surface area contributed by atoms with Crippen molar-refractivity contribution in [3.8, 4) is 0 Å². The topological polar surface area (TPSA) is 130 Å². The summed E-state index contributed by atoms with van der Waals surface area (Å²) in [5.74, 6) is 2.29. The Morgan fingerprint density at radius 2 is 1.80 bits per heavy atom. The quantitative estimate of drug-likeness (QED) is 0.118. The highest BCUT2D eigenvalue weighted by molar-refractivity contribution is 5.73. The van der Waals surface area contributed by atoms with Crippen LogP contribution in [-0.4, -0.2) is 57.7 Å². The summed E-state index contributed by atoms with van der Waals surface area (Å²) in [6.07, 6.45) is 15.1. The van der Waals surface area contributed by atoms with Gasteiger partial charge in [-0.25, -0.2) is 9.59 Å². The van der Waals surface area contributed by atoms with Gasteiger partial charge in [0.2, 0.25) is 0 Å². The van der Waals surface area contributed by atoms with Crippen molar-refractivity contribution in [2.24, 2.45) is 52.1 Å². The fraction of sp³-hybridized carbons (Fsp3) is 0.842.